The lowest BCUT2D eigenvalue weighted by Gasteiger charge is -2.22. The Labute approximate surface area is 115 Å². The Bertz CT molecular complexity index is 372. The van der Waals surface area contributed by atoms with Crippen LogP contribution in [-0.4, -0.2) is 25.7 Å². The van der Waals surface area contributed by atoms with E-state index in [-0.39, 0.29) is 5.91 Å². The standard InChI is InChI=1S/C13H16INO2/c14-12-5-3-11(4-6-12)13(16)15-8-10-2-1-7-17-9-10/h3-6,10H,1-2,7-9H2,(H,15,16). The van der Waals surface area contributed by atoms with Crippen LogP contribution in [0.4, 0.5) is 0 Å². The van der Waals surface area contributed by atoms with E-state index in [0.29, 0.717) is 12.5 Å². The van der Waals surface area contributed by atoms with Crippen LogP contribution in [0.15, 0.2) is 24.3 Å². The van der Waals surface area contributed by atoms with E-state index in [1.807, 2.05) is 24.3 Å². The van der Waals surface area contributed by atoms with Crippen LogP contribution < -0.4 is 5.32 Å². The second-order valence-corrected chi connectivity index (χ2v) is 5.55. The topological polar surface area (TPSA) is 38.3 Å². The Kier molecular flexibility index (Phi) is 4.79. The van der Waals surface area contributed by atoms with Gasteiger partial charge in [0.05, 0.1) is 6.61 Å². The van der Waals surface area contributed by atoms with E-state index in [1.54, 1.807) is 0 Å². The molecule has 1 amide bonds. The molecule has 0 radical (unpaired) electrons. The fraction of sp³-hybridized carbons (Fsp3) is 0.462. The maximum absolute atomic E-state index is 11.8. The van der Waals surface area contributed by atoms with Crippen molar-refractivity contribution in [1.29, 1.82) is 0 Å². The van der Waals surface area contributed by atoms with Gasteiger partial charge in [0, 0.05) is 22.3 Å². The average Bonchev–Trinajstić information content (AvgIpc) is 2.38. The molecule has 3 nitrogen and oxygen atoms in total. The van der Waals surface area contributed by atoms with Gasteiger partial charge in [0.1, 0.15) is 0 Å². The summed E-state index contributed by atoms with van der Waals surface area (Å²) in [7, 11) is 0. The van der Waals surface area contributed by atoms with Gasteiger partial charge in [0.2, 0.25) is 0 Å². The van der Waals surface area contributed by atoms with Crippen molar-refractivity contribution in [2.75, 3.05) is 19.8 Å². The molecule has 1 saturated heterocycles. The minimum absolute atomic E-state index is 0.00646. The molecule has 0 saturated carbocycles. The predicted molar refractivity (Wildman–Crippen MR) is 75.0 cm³/mol. The number of hydrogen-bond acceptors (Lipinski definition) is 2. The van der Waals surface area contributed by atoms with Crippen LogP contribution in [0.25, 0.3) is 0 Å². The first-order chi connectivity index (χ1) is 8.25. The van der Waals surface area contributed by atoms with E-state index >= 15 is 0 Å². The Hall–Kier alpha value is -0.620. The Morgan fingerprint density at radius 2 is 2.18 bits per heavy atom. The molecule has 1 aliphatic rings. The molecule has 2 rings (SSSR count). The molecular formula is C13H16INO2. The maximum Gasteiger partial charge on any atom is 0.251 e. The Balaban J connectivity index is 1.82. The summed E-state index contributed by atoms with van der Waals surface area (Å²) in [5.41, 5.74) is 0.724. The molecule has 1 atom stereocenters. The first kappa shape index (κ1) is 12.8. The number of halogens is 1. The third-order valence-electron chi connectivity index (χ3n) is 2.91. The highest BCUT2D eigenvalue weighted by Crippen LogP contribution is 2.12. The largest absolute Gasteiger partial charge is 0.381 e. The third kappa shape index (κ3) is 3.96. The Morgan fingerprint density at radius 3 is 2.82 bits per heavy atom. The van der Waals surface area contributed by atoms with E-state index < -0.39 is 0 Å². The average molecular weight is 345 g/mol. The minimum Gasteiger partial charge on any atom is -0.381 e. The molecular weight excluding hydrogens is 329 g/mol. The van der Waals surface area contributed by atoms with Gasteiger partial charge in [0.25, 0.3) is 5.91 Å². The fourth-order valence-corrected chi connectivity index (χ4v) is 2.27. The highest BCUT2D eigenvalue weighted by molar-refractivity contribution is 14.1. The number of ether oxygens (including phenoxy) is 1. The lowest BCUT2D eigenvalue weighted by atomic mass is 10.0. The second-order valence-electron chi connectivity index (χ2n) is 4.30. The molecule has 1 heterocycles. The third-order valence-corrected chi connectivity index (χ3v) is 3.63. The molecule has 0 aliphatic carbocycles. The zero-order valence-electron chi connectivity index (χ0n) is 9.62. The van der Waals surface area contributed by atoms with Crippen LogP contribution in [0.3, 0.4) is 0 Å². The summed E-state index contributed by atoms with van der Waals surface area (Å²) < 4.78 is 6.52. The van der Waals surface area contributed by atoms with Gasteiger partial charge >= 0.3 is 0 Å². The van der Waals surface area contributed by atoms with Crippen LogP contribution in [-0.2, 0) is 4.74 Å². The molecule has 0 bridgehead atoms. The first-order valence-electron chi connectivity index (χ1n) is 5.87. The van der Waals surface area contributed by atoms with E-state index in [2.05, 4.69) is 27.9 Å². The smallest absolute Gasteiger partial charge is 0.251 e. The van der Waals surface area contributed by atoms with Gasteiger partial charge in [-0.1, -0.05) is 0 Å². The lowest BCUT2D eigenvalue weighted by molar-refractivity contribution is 0.0536. The number of hydrogen-bond donors (Lipinski definition) is 1. The molecule has 1 aromatic rings. The minimum atomic E-state index is 0.00646. The molecule has 1 aromatic carbocycles. The second kappa shape index (κ2) is 6.35. The number of carbonyl (C=O) groups excluding carboxylic acids is 1. The number of amides is 1. The normalized spacial score (nSPS) is 19.9. The molecule has 0 spiro atoms. The van der Waals surface area contributed by atoms with Crippen LogP contribution in [0.2, 0.25) is 0 Å². The van der Waals surface area contributed by atoms with Gasteiger partial charge < -0.3 is 10.1 Å². The molecule has 1 fully saturated rings. The van der Waals surface area contributed by atoms with Gasteiger partial charge in [-0.05, 0) is 65.6 Å². The highest BCUT2D eigenvalue weighted by atomic mass is 127. The summed E-state index contributed by atoms with van der Waals surface area (Å²) in [4.78, 5) is 11.8. The van der Waals surface area contributed by atoms with Crippen molar-refractivity contribution < 1.29 is 9.53 Å². The van der Waals surface area contributed by atoms with Crippen molar-refractivity contribution in [1.82, 2.24) is 5.32 Å². The Morgan fingerprint density at radius 1 is 1.41 bits per heavy atom. The van der Waals surface area contributed by atoms with E-state index in [9.17, 15) is 4.79 Å². The first-order valence-corrected chi connectivity index (χ1v) is 6.95. The molecule has 1 aliphatic heterocycles. The summed E-state index contributed by atoms with van der Waals surface area (Å²) in [6, 6.07) is 7.60. The van der Waals surface area contributed by atoms with Crippen molar-refractivity contribution >= 4 is 28.5 Å². The summed E-state index contributed by atoms with van der Waals surface area (Å²) in [6.07, 6.45) is 2.25. The summed E-state index contributed by atoms with van der Waals surface area (Å²) in [5.74, 6) is 0.475. The van der Waals surface area contributed by atoms with E-state index in [1.165, 1.54) is 0 Å². The van der Waals surface area contributed by atoms with Gasteiger partial charge in [-0.3, -0.25) is 4.79 Å². The quantitative estimate of drug-likeness (QED) is 0.855. The number of nitrogens with one attached hydrogen (secondary N) is 1. The number of benzene rings is 1. The fourth-order valence-electron chi connectivity index (χ4n) is 1.91. The van der Waals surface area contributed by atoms with Crippen LogP contribution in [0.1, 0.15) is 23.2 Å². The maximum atomic E-state index is 11.8. The summed E-state index contributed by atoms with van der Waals surface area (Å²) >= 11 is 2.23. The van der Waals surface area contributed by atoms with Crippen molar-refractivity contribution in [3.63, 3.8) is 0 Å². The molecule has 4 heteroatoms. The monoisotopic (exact) mass is 345 g/mol. The van der Waals surface area contributed by atoms with Crippen LogP contribution >= 0.6 is 22.6 Å². The van der Waals surface area contributed by atoms with Crippen molar-refractivity contribution in [3.8, 4) is 0 Å². The van der Waals surface area contributed by atoms with Crippen molar-refractivity contribution in [3.05, 3.63) is 33.4 Å². The van der Waals surface area contributed by atoms with Gasteiger partial charge in [-0.2, -0.15) is 0 Å². The van der Waals surface area contributed by atoms with Crippen molar-refractivity contribution in [2.45, 2.75) is 12.8 Å². The molecule has 0 aromatic heterocycles. The van der Waals surface area contributed by atoms with Gasteiger partial charge in [0.15, 0.2) is 0 Å². The van der Waals surface area contributed by atoms with Crippen molar-refractivity contribution in [2.24, 2.45) is 5.92 Å². The molecule has 1 N–H and O–H groups in total. The zero-order valence-corrected chi connectivity index (χ0v) is 11.8. The zero-order chi connectivity index (χ0) is 12.1. The number of rotatable bonds is 3. The summed E-state index contributed by atoms with van der Waals surface area (Å²) in [6.45, 7) is 2.35. The molecule has 1 unspecified atom stereocenters. The highest BCUT2D eigenvalue weighted by Gasteiger charge is 2.15. The lowest BCUT2D eigenvalue weighted by Crippen LogP contribution is -2.33. The van der Waals surface area contributed by atoms with Gasteiger partial charge in [-0.15, -0.1) is 0 Å². The SMILES string of the molecule is O=C(NCC1CCCOC1)c1ccc(I)cc1. The summed E-state index contributed by atoms with van der Waals surface area (Å²) in [5, 5.41) is 2.97. The molecule has 17 heavy (non-hydrogen) atoms. The van der Waals surface area contributed by atoms with Crippen LogP contribution in [0.5, 0.6) is 0 Å². The van der Waals surface area contributed by atoms with Gasteiger partial charge in [-0.25, -0.2) is 0 Å². The number of carbonyl (C=O) groups is 1. The van der Waals surface area contributed by atoms with E-state index in [0.717, 1.165) is 35.2 Å². The van der Waals surface area contributed by atoms with Crippen LogP contribution in [0, 0.1) is 9.49 Å². The van der Waals surface area contributed by atoms with E-state index in [4.69, 9.17) is 4.74 Å². The molecule has 92 valence electrons. The predicted octanol–water partition coefficient (Wildman–Crippen LogP) is 2.45.